The zero-order valence-corrected chi connectivity index (χ0v) is 47.8. The van der Waals surface area contributed by atoms with Gasteiger partial charge >= 0.3 is 0 Å². The van der Waals surface area contributed by atoms with E-state index >= 15 is 0 Å². The Labute approximate surface area is 477 Å². The van der Waals surface area contributed by atoms with Gasteiger partial charge in [0, 0.05) is 12.8 Å². The van der Waals surface area contributed by atoms with E-state index in [1.807, 2.05) is 84.9 Å². The quantitative estimate of drug-likeness (QED) is 0.167. The van der Waals surface area contributed by atoms with Crippen LogP contribution in [-0.2, 0) is 18.9 Å². The van der Waals surface area contributed by atoms with Gasteiger partial charge in [0.2, 0.25) is 0 Å². The summed E-state index contributed by atoms with van der Waals surface area (Å²) in [4.78, 5) is 0. The Bertz CT molecular complexity index is 2490. The van der Waals surface area contributed by atoms with Crippen LogP contribution >= 0.6 is 0 Å². The zero-order chi connectivity index (χ0) is 54.1. The van der Waals surface area contributed by atoms with E-state index in [2.05, 4.69) is 12.1 Å². The van der Waals surface area contributed by atoms with Crippen molar-refractivity contribution in [3.63, 3.8) is 0 Å². The molecule has 4 aromatic rings. The maximum absolute atomic E-state index is 7.94. The van der Waals surface area contributed by atoms with E-state index in [1.165, 1.54) is 103 Å². The fourth-order valence-corrected chi connectivity index (χ4v) is 16.3. The summed E-state index contributed by atoms with van der Waals surface area (Å²) in [5, 5.41) is 0. The number of rotatable bonds is 0. The highest BCUT2D eigenvalue weighted by atomic mass is 16.6. The molecule has 5 saturated carbocycles. The lowest BCUT2D eigenvalue weighted by molar-refractivity contribution is -0.193. The van der Waals surface area contributed by atoms with Gasteiger partial charge in [-0.15, -0.1) is 0 Å². The predicted molar refractivity (Wildman–Crippen MR) is 309 cm³/mol. The van der Waals surface area contributed by atoms with Gasteiger partial charge in [0.25, 0.3) is 0 Å². The van der Waals surface area contributed by atoms with E-state index in [0.29, 0.717) is 140 Å². The van der Waals surface area contributed by atoms with Gasteiger partial charge in [0.1, 0.15) is 39.6 Å². The standard InChI is InChI=1S/C68H92O12/c1-2-4-18-53-31-30-51(16-3-1)55-20-15-21-56-52-17-5-6-19-54(50-52)68(35-37-72-60-23-8-10-25-62(60)74-43-39-70-41-45-76-64-27-12-14-29-66(64)78-47-49-80-68)58(56)33-32-57(55)67(53)34-36-71-59-22-7-9-24-61(59)73-42-38-69-40-44-75-63-26-11-13-28-65(63)77-46-48-79-67/h7-14,22-29,51-58H,1-6,15-21,30-50H2/t51?,52?,53-,54?,55?,56-,57?,58?,67+,68-/m1/s1. The van der Waals surface area contributed by atoms with Crippen molar-refractivity contribution in [2.75, 3.05) is 92.5 Å². The minimum atomic E-state index is -0.441. The Hall–Kier alpha value is -4.88. The van der Waals surface area contributed by atoms with Crippen molar-refractivity contribution in [2.45, 2.75) is 140 Å². The minimum Gasteiger partial charge on any atom is -0.490 e. The van der Waals surface area contributed by atoms with Crippen molar-refractivity contribution in [1.82, 2.24) is 0 Å². The Kier molecular flexibility index (Phi) is 20.6. The topological polar surface area (TPSA) is 111 Å². The molecule has 6 unspecified atom stereocenters. The van der Waals surface area contributed by atoms with Crippen LogP contribution in [0, 0.1) is 47.3 Å². The van der Waals surface area contributed by atoms with Crippen molar-refractivity contribution in [1.29, 1.82) is 0 Å². The predicted octanol–water partition coefficient (Wildman–Crippen LogP) is 14.2. The molecule has 80 heavy (non-hydrogen) atoms. The van der Waals surface area contributed by atoms with E-state index in [4.69, 9.17) is 56.8 Å². The third-order valence-corrected chi connectivity index (χ3v) is 19.7. The van der Waals surface area contributed by atoms with E-state index < -0.39 is 11.2 Å². The summed E-state index contributed by atoms with van der Waals surface area (Å²) < 4.78 is 80.2. The van der Waals surface area contributed by atoms with Crippen molar-refractivity contribution in [3.05, 3.63) is 97.1 Å². The molecule has 4 aromatic carbocycles. The van der Waals surface area contributed by atoms with E-state index in [-0.39, 0.29) is 0 Å². The number of hydrogen-bond donors (Lipinski definition) is 0. The Morgan fingerprint density at radius 3 is 1.09 bits per heavy atom. The summed E-state index contributed by atoms with van der Waals surface area (Å²) in [5.41, 5.74) is -0.862. The molecular weight excluding hydrogens is 1010 g/mol. The molecule has 0 N–H and O–H groups in total. The number of ether oxygens (including phenoxy) is 12. The van der Waals surface area contributed by atoms with Crippen molar-refractivity contribution in [2.24, 2.45) is 47.3 Å². The molecular formula is C68H92O12. The van der Waals surface area contributed by atoms with Crippen molar-refractivity contribution < 1.29 is 56.8 Å². The van der Waals surface area contributed by atoms with Crippen LogP contribution in [0.5, 0.6) is 46.0 Å². The lowest BCUT2D eigenvalue weighted by Gasteiger charge is -2.56. The molecule has 0 amide bonds. The molecule has 7 aliphatic rings. The molecule has 10 atom stereocenters. The van der Waals surface area contributed by atoms with Crippen LogP contribution in [0.4, 0.5) is 0 Å². The van der Waals surface area contributed by atoms with Crippen LogP contribution in [0.2, 0.25) is 0 Å². The molecule has 2 aliphatic heterocycles. The smallest absolute Gasteiger partial charge is 0.161 e. The Morgan fingerprint density at radius 1 is 0.275 bits per heavy atom. The molecule has 0 saturated heterocycles. The maximum Gasteiger partial charge on any atom is 0.161 e. The molecule has 11 rings (SSSR count). The zero-order valence-electron chi connectivity index (χ0n) is 47.8. The number of fused-ring (bicyclic) bond motifs is 17. The number of hydrogen-bond acceptors (Lipinski definition) is 12. The number of benzene rings is 4. The second kappa shape index (κ2) is 28.9. The van der Waals surface area contributed by atoms with Gasteiger partial charge in [-0.1, -0.05) is 106 Å². The number of para-hydroxylation sites is 8. The normalized spacial score (nSPS) is 32.0. The SMILES string of the molecule is c1ccc2c(c1)OCCOCCOc1ccccc1OCC[C@@]1(OCCO2)C2CCCCC(C2)[C@H]2CCCC3C4CCCCCC[C@H](CC4)[C@@]4(CCOc5ccccc5OCCOCCOc5ccccc5OCCO4)C3CCC21. The molecule has 0 aromatic heterocycles. The third kappa shape index (κ3) is 13.9. The molecule has 2 spiro atoms. The average molecular weight is 1100 g/mol. The van der Waals surface area contributed by atoms with Gasteiger partial charge < -0.3 is 56.8 Å². The first kappa shape index (κ1) is 57.0. The fraction of sp³-hybridized carbons (Fsp3) is 0.647. The molecule has 4 bridgehead atoms. The van der Waals surface area contributed by atoms with Crippen LogP contribution < -0.4 is 37.9 Å². The summed E-state index contributed by atoms with van der Waals surface area (Å²) in [6.07, 6.45) is 23.8. The summed E-state index contributed by atoms with van der Waals surface area (Å²) in [5.74, 6) is 9.83. The van der Waals surface area contributed by atoms with Crippen LogP contribution in [0.25, 0.3) is 0 Å². The van der Waals surface area contributed by atoms with E-state index in [0.717, 1.165) is 71.7 Å². The lowest BCUT2D eigenvalue weighted by atomic mass is 9.55. The Morgan fingerprint density at radius 2 is 0.625 bits per heavy atom. The van der Waals surface area contributed by atoms with E-state index in [1.54, 1.807) is 0 Å². The van der Waals surface area contributed by atoms with Gasteiger partial charge in [-0.05, 0) is 154 Å². The second-order valence-electron chi connectivity index (χ2n) is 24.0. The van der Waals surface area contributed by atoms with Crippen LogP contribution in [0.1, 0.15) is 128 Å². The highest BCUT2D eigenvalue weighted by molar-refractivity contribution is 5.42. The van der Waals surface area contributed by atoms with Crippen LogP contribution in [0.15, 0.2) is 97.1 Å². The summed E-state index contributed by atoms with van der Waals surface area (Å²) in [7, 11) is 0. The van der Waals surface area contributed by atoms with Gasteiger partial charge in [0.15, 0.2) is 46.0 Å². The largest absolute Gasteiger partial charge is 0.490 e. The molecule has 12 nitrogen and oxygen atoms in total. The van der Waals surface area contributed by atoms with Crippen LogP contribution in [0.3, 0.4) is 0 Å². The molecule has 2 heterocycles. The molecule has 5 aliphatic carbocycles. The highest BCUT2D eigenvalue weighted by Crippen LogP contribution is 2.60. The summed E-state index contributed by atoms with van der Waals surface area (Å²) >= 11 is 0. The maximum atomic E-state index is 7.94. The molecule has 5 fully saturated rings. The summed E-state index contributed by atoms with van der Waals surface area (Å²) in [6.45, 7) is 6.29. The molecule has 0 radical (unpaired) electrons. The first-order valence-electron chi connectivity index (χ1n) is 31.5. The molecule has 12 heteroatoms. The van der Waals surface area contributed by atoms with Gasteiger partial charge in [-0.3, -0.25) is 0 Å². The second-order valence-corrected chi connectivity index (χ2v) is 24.0. The van der Waals surface area contributed by atoms with Gasteiger partial charge in [-0.25, -0.2) is 0 Å². The van der Waals surface area contributed by atoms with E-state index in [9.17, 15) is 0 Å². The lowest BCUT2D eigenvalue weighted by Crippen LogP contribution is -2.57. The van der Waals surface area contributed by atoms with Gasteiger partial charge in [-0.2, -0.15) is 0 Å². The fourth-order valence-electron chi connectivity index (χ4n) is 16.3. The minimum absolute atomic E-state index is 0.321. The monoisotopic (exact) mass is 1100 g/mol. The highest BCUT2D eigenvalue weighted by Gasteiger charge is 2.58. The summed E-state index contributed by atoms with van der Waals surface area (Å²) in [6, 6.07) is 32.3. The van der Waals surface area contributed by atoms with Crippen LogP contribution in [-0.4, -0.2) is 104 Å². The molecule has 436 valence electrons. The van der Waals surface area contributed by atoms with Crippen molar-refractivity contribution in [3.8, 4) is 46.0 Å². The van der Waals surface area contributed by atoms with Crippen molar-refractivity contribution >= 4 is 0 Å². The first-order valence-corrected chi connectivity index (χ1v) is 31.5. The van der Waals surface area contributed by atoms with Gasteiger partial charge in [0.05, 0.1) is 64.1 Å². The first-order chi connectivity index (χ1) is 39.7. The third-order valence-electron chi connectivity index (χ3n) is 19.7. The Balaban J connectivity index is 0.965. The average Bonchev–Trinajstić information content (AvgIpc) is 3.79.